The van der Waals surface area contributed by atoms with Crippen molar-refractivity contribution >= 4 is 17.5 Å². The van der Waals surface area contributed by atoms with E-state index in [1.807, 2.05) is 52.0 Å². The molecule has 0 unspecified atom stereocenters. The fraction of sp³-hybridized carbons (Fsp3) is 0.533. The van der Waals surface area contributed by atoms with Crippen molar-refractivity contribution in [1.29, 1.82) is 0 Å². The van der Waals surface area contributed by atoms with Gasteiger partial charge in [0.15, 0.2) is 0 Å². The lowest BCUT2D eigenvalue weighted by Crippen LogP contribution is -2.43. The summed E-state index contributed by atoms with van der Waals surface area (Å²) in [6.45, 7) is 8.11. The maximum absolute atomic E-state index is 12.1. The van der Waals surface area contributed by atoms with E-state index in [4.69, 9.17) is 11.6 Å². The second-order valence-corrected chi connectivity index (χ2v) is 5.57. The minimum absolute atomic E-state index is 0.0941. The van der Waals surface area contributed by atoms with Crippen LogP contribution in [0.5, 0.6) is 0 Å². The van der Waals surface area contributed by atoms with Crippen molar-refractivity contribution in [3.63, 3.8) is 0 Å². The Morgan fingerprint density at radius 3 is 2.17 bits per heavy atom. The van der Waals surface area contributed by atoms with Crippen LogP contribution < -0.4 is 5.32 Å². The van der Waals surface area contributed by atoms with E-state index in [9.17, 15) is 4.79 Å². The summed E-state index contributed by atoms with van der Waals surface area (Å²) < 4.78 is 0. The third kappa shape index (κ3) is 3.74. The molecule has 0 aliphatic heterocycles. The maximum Gasteiger partial charge on any atom is 0.223 e. The first-order valence-corrected chi connectivity index (χ1v) is 6.86. The van der Waals surface area contributed by atoms with Crippen molar-refractivity contribution in [2.75, 3.05) is 0 Å². The molecule has 18 heavy (non-hydrogen) atoms. The van der Waals surface area contributed by atoms with Crippen molar-refractivity contribution in [1.82, 2.24) is 5.32 Å². The minimum Gasteiger partial charge on any atom is -0.347 e. The molecule has 2 nitrogen and oxygen atoms in total. The zero-order chi connectivity index (χ0) is 13.8. The molecule has 1 aromatic carbocycles. The van der Waals surface area contributed by atoms with Crippen LogP contribution in [0.2, 0.25) is 5.02 Å². The highest BCUT2D eigenvalue weighted by Crippen LogP contribution is 2.23. The van der Waals surface area contributed by atoms with Crippen LogP contribution in [0.4, 0.5) is 0 Å². The molecule has 0 heterocycles. The quantitative estimate of drug-likeness (QED) is 0.854. The van der Waals surface area contributed by atoms with Crippen LogP contribution in [0, 0.1) is 5.92 Å². The van der Waals surface area contributed by atoms with Crippen LogP contribution in [-0.4, -0.2) is 5.91 Å². The molecule has 1 amide bonds. The number of hydrogen-bond donors (Lipinski definition) is 1. The van der Waals surface area contributed by atoms with Gasteiger partial charge < -0.3 is 5.32 Å². The highest BCUT2D eigenvalue weighted by molar-refractivity contribution is 6.30. The molecule has 0 bridgehead atoms. The zero-order valence-corrected chi connectivity index (χ0v) is 12.3. The van der Waals surface area contributed by atoms with Crippen molar-refractivity contribution in [3.05, 3.63) is 34.9 Å². The molecule has 0 radical (unpaired) electrons. The summed E-state index contributed by atoms with van der Waals surface area (Å²) in [7, 11) is 0. The van der Waals surface area contributed by atoms with Gasteiger partial charge in [0.2, 0.25) is 5.91 Å². The predicted octanol–water partition coefficient (Wildman–Crippen LogP) is 4.13. The molecule has 0 spiro atoms. The number of nitrogens with one attached hydrogen (secondary N) is 1. The van der Waals surface area contributed by atoms with Crippen LogP contribution in [-0.2, 0) is 10.3 Å². The molecule has 1 aromatic rings. The van der Waals surface area contributed by atoms with Gasteiger partial charge in [-0.15, -0.1) is 0 Å². The Bertz CT molecular complexity index is 393. The summed E-state index contributed by atoms with van der Waals surface area (Å²) in [4.78, 5) is 12.1. The monoisotopic (exact) mass is 267 g/mol. The highest BCUT2D eigenvalue weighted by atomic mass is 35.5. The van der Waals surface area contributed by atoms with Gasteiger partial charge in [-0.2, -0.15) is 0 Å². The number of rotatable bonds is 5. The Kier molecular flexibility index (Phi) is 5.21. The number of carbonyl (C=O) groups is 1. The van der Waals surface area contributed by atoms with Crippen LogP contribution in [0.1, 0.15) is 46.1 Å². The van der Waals surface area contributed by atoms with E-state index in [1.54, 1.807) is 0 Å². The lowest BCUT2D eigenvalue weighted by atomic mass is 9.92. The molecular weight excluding hydrogens is 246 g/mol. The molecule has 1 N–H and O–H groups in total. The first-order valence-electron chi connectivity index (χ1n) is 6.48. The molecule has 0 aliphatic rings. The molecule has 0 aliphatic carbocycles. The van der Waals surface area contributed by atoms with Crippen LogP contribution in [0.15, 0.2) is 24.3 Å². The molecule has 3 heteroatoms. The van der Waals surface area contributed by atoms with E-state index in [-0.39, 0.29) is 17.4 Å². The first kappa shape index (κ1) is 15.0. The molecular formula is C15H22ClNO. The normalized spacial score (nSPS) is 11.7. The summed E-state index contributed by atoms with van der Waals surface area (Å²) in [5.74, 6) is 0.219. The number of halogens is 1. The highest BCUT2D eigenvalue weighted by Gasteiger charge is 2.25. The average molecular weight is 268 g/mol. The van der Waals surface area contributed by atoms with Crippen LogP contribution in [0.3, 0.4) is 0 Å². The van der Waals surface area contributed by atoms with Gasteiger partial charge in [0, 0.05) is 10.9 Å². The largest absolute Gasteiger partial charge is 0.347 e. The minimum atomic E-state index is -0.371. The molecule has 0 fully saturated rings. The zero-order valence-electron chi connectivity index (χ0n) is 11.6. The third-order valence-electron chi connectivity index (χ3n) is 3.36. The van der Waals surface area contributed by atoms with Gasteiger partial charge in [0.1, 0.15) is 0 Å². The molecule has 1 rings (SSSR count). The van der Waals surface area contributed by atoms with E-state index in [0.717, 1.165) is 18.4 Å². The summed E-state index contributed by atoms with van der Waals surface area (Å²) >= 11 is 5.88. The van der Waals surface area contributed by atoms with Gasteiger partial charge in [-0.1, -0.05) is 37.6 Å². The Morgan fingerprint density at radius 2 is 1.72 bits per heavy atom. The van der Waals surface area contributed by atoms with Gasteiger partial charge >= 0.3 is 0 Å². The van der Waals surface area contributed by atoms with E-state index < -0.39 is 0 Å². The van der Waals surface area contributed by atoms with Gasteiger partial charge in [-0.25, -0.2) is 0 Å². The summed E-state index contributed by atoms with van der Waals surface area (Å²) in [6, 6.07) is 7.61. The summed E-state index contributed by atoms with van der Waals surface area (Å²) in [5.41, 5.74) is 0.691. The predicted molar refractivity (Wildman–Crippen MR) is 76.7 cm³/mol. The fourth-order valence-corrected chi connectivity index (χ4v) is 2.13. The maximum atomic E-state index is 12.1. The van der Waals surface area contributed by atoms with Gasteiger partial charge in [-0.05, 0) is 44.4 Å². The Labute approximate surface area is 115 Å². The second kappa shape index (κ2) is 6.24. The molecule has 100 valence electrons. The van der Waals surface area contributed by atoms with E-state index in [1.165, 1.54) is 0 Å². The Balaban J connectivity index is 2.81. The number of amides is 1. The molecule has 0 atom stereocenters. The van der Waals surface area contributed by atoms with E-state index in [0.29, 0.717) is 5.02 Å². The standard InChI is InChI=1S/C15H22ClNO/c1-5-11(6-2)14(18)17-15(3,4)12-7-9-13(16)10-8-12/h7-11H,5-6H2,1-4H3,(H,17,18). The summed E-state index contributed by atoms with van der Waals surface area (Å²) in [6.07, 6.45) is 1.75. The molecule has 0 aromatic heterocycles. The lowest BCUT2D eigenvalue weighted by Gasteiger charge is -2.29. The van der Waals surface area contributed by atoms with Crippen LogP contribution >= 0.6 is 11.6 Å². The number of benzene rings is 1. The number of hydrogen-bond acceptors (Lipinski definition) is 1. The SMILES string of the molecule is CCC(CC)C(=O)NC(C)(C)c1ccc(Cl)cc1. The van der Waals surface area contributed by atoms with Gasteiger partial charge in [-0.3, -0.25) is 4.79 Å². The second-order valence-electron chi connectivity index (χ2n) is 5.13. The molecule has 0 saturated heterocycles. The Morgan fingerprint density at radius 1 is 1.22 bits per heavy atom. The average Bonchev–Trinajstić information content (AvgIpc) is 2.30. The fourth-order valence-electron chi connectivity index (χ4n) is 2.01. The third-order valence-corrected chi connectivity index (χ3v) is 3.61. The lowest BCUT2D eigenvalue weighted by molar-refractivity contribution is -0.126. The Hall–Kier alpha value is -1.02. The van der Waals surface area contributed by atoms with Crippen molar-refractivity contribution in [2.45, 2.75) is 46.1 Å². The molecule has 0 saturated carbocycles. The number of carbonyl (C=O) groups excluding carboxylic acids is 1. The van der Waals surface area contributed by atoms with Gasteiger partial charge in [0.05, 0.1) is 5.54 Å². The van der Waals surface area contributed by atoms with E-state index >= 15 is 0 Å². The van der Waals surface area contributed by atoms with Crippen molar-refractivity contribution in [2.24, 2.45) is 5.92 Å². The van der Waals surface area contributed by atoms with Crippen molar-refractivity contribution < 1.29 is 4.79 Å². The van der Waals surface area contributed by atoms with Crippen molar-refractivity contribution in [3.8, 4) is 0 Å². The van der Waals surface area contributed by atoms with Crippen LogP contribution in [0.25, 0.3) is 0 Å². The summed E-state index contributed by atoms with van der Waals surface area (Å²) in [5, 5.41) is 3.82. The topological polar surface area (TPSA) is 29.1 Å². The first-order chi connectivity index (χ1) is 8.40. The van der Waals surface area contributed by atoms with E-state index in [2.05, 4.69) is 5.32 Å². The smallest absolute Gasteiger partial charge is 0.223 e. The van der Waals surface area contributed by atoms with Gasteiger partial charge in [0.25, 0.3) is 0 Å².